The lowest BCUT2D eigenvalue weighted by Crippen LogP contribution is -2.10. The van der Waals surface area contributed by atoms with E-state index in [9.17, 15) is 0 Å². The molecular weight excluding hydrogens is 299 g/mol. The number of benzene rings is 1. The van der Waals surface area contributed by atoms with Gasteiger partial charge in [0.1, 0.15) is 10.3 Å². The van der Waals surface area contributed by atoms with E-state index in [1.54, 1.807) is 11.8 Å². The number of halogens is 2. The molecule has 0 atom stereocenters. The normalized spacial score (nSPS) is 11.0. The topological polar surface area (TPSA) is 16.1 Å². The van der Waals surface area contributed by atoms with Crippen molar-refractivity contribution in [2.75, 3.05) is 14.1 Å². The standard InChI is InChI=1S/C14H14Cl2N2S/c1-18(2)9-10-4-3-5-11(6-10)19-12-7-13(15)17-14(16)8-12/h3-8H,9H2,1-2H3. The van der Waals surface area contributed by atoms with Crippen molar-refractivity contribution in [1.82, 2.24) is 9.88 Å². The number of nitrogens with zero attached hydrogens (tertiary/aromatic N) is 2. The average molecular weight is 313 g/mol. The molecule has 1 heterocycles. The Morgan fingerprint density at radius 3 is 2.37 bits per heavy atom. The molecule has 2 nitrogen and oxygen atoms in total. The molecule has 2 aromatic rings. The van der Waals surface area contributed by atoms with Crippen LogP contribution in [0.5, 0.6) is 0 Å². The highest BCUT2D eigenvalue weighted by Gasteiger charge is 2.03. The summed E-state index contributed by atoms with van der Waals surface area (Å²) in [5.74, 6) is 0. The van der Waals surface area contributed by atoms with E-state index in [1.165, 1.54) is 5.56 Å². The Bertz CT molecular complexity index is 553. The number of rotatable bonds is 4. The summed E-state index contributed by atoms with van der Waals surface area (Å²) in [5.41, 5.74) is 1.28. The van der Waals surface area contributed by atoms with Crippen LogP contribution in [0.1, 0.15) is 5.56 Å². The number of pyridine rings is 1. The van der Waals surface area contributed by atoms with Gasteiger partial charge in [-0.15, -0.1) is 0 Å². The van der Waals surface area contributed by atoms with Crippen LogP contribution in [0.4, 0.5) is 0 Å². The zero-order chi connectivity index (χ0) is 13.8. The SMILES string of the molecule is CN(C)Cc1cccc(Sc2cc(Cl)nc(Cl)c2)c1. The van der Waals surface area contributed by atoms with Gasteiger partial charge in [0.25, 0.3) is 0 Å². The van der Waals surface area contributed by atoms with Crippen molar-refractivity contribution < 1.29 is 0 Å². The molecule has 19 heavy (non-hydrogen) atoms. The Hall–Kier alpha value is -0.740. The van der Waals surface area contributed by atoms with Gasteiger partial charge in [-0.1, -0.05) is 47.1 Å². The predicted octanol–water partition coefficient (Wildman–Crippen LogP) is 4.60. The van der Waals surface area contributed by atoms with E-state index < -0.39 is 0 Å². The van der Waals surface area contributed by atoms with Crippen molar-refractivity contribution in [1.29, 1.82) is 0 Å². The fourth-order valence-corrected chi connectivity index (χ4v) is 3.27. The van der Waals surface area contributed by atoms with Crippen molar-refractivity contribution in [3.05, 3.63) is 52.3 Å². The van der Waals surface area contributed by atoms with Crippen molar-refractivity contribution in [3.8, 4) is 0 Å². The molecule has 0 N–H and O–H groups in total. The van der Waals surface area contributed by atoms with E-state index in [1.807, 2.05) is 12.1 Å². The van der Waals surface area contributed by atoms with Gasteiger partial charge in [0.05, 0.1) is 0 Å². The molecule has 2 rings (SSSR count). The molecule has 5 heteroatoms. The molecule has 0 aliphatic carbocycles. The van der Waals surface area contributed by atoms with E-state index in [-0.39, 0.29) is 0 Å². The lowest BCUT2D eigenvalue weighted by atomic mass is 10.2. The molecule has 0 saturated heterocycles. The van der Waals surface area contributed by atoms with Crippen LogP contribution >= 0.6 is 35.0 Å². The summed E-state index contributed by atoms with van der Waals surface area (Å²) in [4.78, 5) is 8.24. The van der Waals surface area contributed by atoms with Gasteiger partial charge in [-0.05, 0) is 43.9 Å². The van der Waals surface area contributed by atoms with Gasteiger partial charge in [-0.3, -0.25) is 0 Å². The molecule has 0 aliphatic rings. The minimum absolute atomic E-state index is 0.416. The lowest BCUT2D eigenvalue weighted by Gasteiger charge is -2.10. The van der Waals surface area contributed by atoms with Gasteiger partial charge in [-0.25, -0.2) is 4.98 Å². The maximum Gasteiger partial charge on any atom is 0.131 e. The van der Waals surface area contributed by atoms with Crippen molar-refractivity contribution >= 4 is 35.0 Å². The Labute approximate surface area is 127 Å². The Morgan fingerprint density at radius 1 is 1.05 bits per heavy atom. The fourth-order valence-electron chi connectivity index (χ4n) is 1.71. The first-order valence-corrected chi connectivity index (χ1v) is 7.35. The van der Waals surface area contributed by atoms with E-state index in [2.05, 4.69) is 48.2 Å². The molecule has 0 bridgehead atoms. The highest BCUT2D eigenvalue weighted by Crippen LogP contribution is 2.31. The second kappa shape index (κ2) is 6.62. The van der Waals surface area contributed by atoms with E-state index >= 15 is 0 Å². The quantitative estimate of drug-likeness (QED) is 0.767. The molecule has 0 fully saturated rings. The zero-order valence-electron chi connectivity index (χ0n) is 10.7. The van der Waals surface area contributed by atoms with Crippen molar-refractivity contribution in [2.24, 2.45) is 0 Å². The zero-order valence-corrected chi connectivity index (χ0v) is 13.1. The first kappa shape index (κ1) is 14.7. The molecule has 0 aliphatic heterocycles. The maximum atomic E-state index is 5.90. The second-order valence-corrected chi connectivity index (χ2v) is 6.36. The third kappa shape index (κ3) is 4.69. The van der Waals surface area contributed by atoms with Crippen molar-refractivity contribution in [2.45, 2.75) is 16.3 Å². The summed E-state index contributed by atoms with van der Waals surface area (Å²) < 4.78 is 0. The number of hydrogen-bond donors (Lipinski definition) is 0. The molecule has 0 saturated carbocycles. The second-order valence-electron chi connectivity index (χ2n) is 4.44. The van der Waals surface area contributed by atoms with Gasteiger partial charge in [0, 0.05) is 16.3 Å². The molecule has 1 aromatic carbocycles. The minimum atomic E-state index is 0.416. The van der Waals surface area contributed by atoms with Crippen LogP contribution in [0.25, 0.3) is 0 Å². The van der Waals surface area contributed by atoms with Crippen LogP contribution in [0.2, 0.25) is 10.3 Å². The van der Waals surface area contributed by atoms with Gasteiger partial charge < -0.3 is 4.90 Å². The highest BCUT2D eigenvalue weighted by atomic mass is 35.5. The summed E-state index contributed by atoms with van der Waals surface area (Å²) >= 11 is 13.4. The van der Waals surface area contributed by atoms with Gasteiger partial charge in [0.15, 0.2) is 0 Å². The number of aromatic nitrogens is 1. The van der Waals surface area contributed by atoms with E-state index in [4.69, 9.17) is 23.2 Å². The number of hydrogen-bond acceptors (Lipinski definition) is 3. The Kier molecular flexibility index (Phi) is 5.11. The third-order valence-electron chi connectivity index (χ3n) is 2.37. The first-order valence-electron chi connectivity index (χ1n) is 5.77. The van der Waals surface area contributed by atoms with Gasteiger partial charge in [-0.2, -0.15) is 0 Å². The fraction of sp³-hybridized carbons (Fsp3) is 0.214. The summed E-state index contributed by atoms with van der Waals surface area (Å²) in [6, 6.07) is 12.1. The monoisotopic (exact) mass is 312 g/mol. The van der Waals surface area contributed by atoms with Gasteiger partial charge >= 0.3 is 0 Å². The van der Waals surface area contributed by atoms with Crippen LogP contribution in [0.15, 0.2) is 46.2 Å². The van der Waals surface area contributed by atoms with Gasteiger partial charge in [0.2, 0.25) is 0 Å². The molecule has 100 valence electrons. The first-order chi connectivity index (χ1) is 9.02. The van der Waals surface area contributed by atoms with Crippen LogP contribution < -0.4 is 0 Å². The molecule has 0 unspecified atom stereocenters. The molecular formula is C14H14Cl2N2S. The third-order valence-corrected chi connectivity index (χ3v) is 3.72. The summed E-state index contributed by atoms with van der Waals surface area (Å²) in [6.07, 6.45) is 0. The van der Waals surface area contributed by atoms with Crippen molar-refractivity contribution in [3.63, 3.8) is 0 Å². The maximum absolute atomic E-state index is 5.90. The minimum Gasteiger partial charge on any atom is -0.305 e. The highest BCUT2D eigenvalue weighted by molar-refractivity contribution is 7.99. The van der Waals surface area contributed by atoms with Crippen LogP contribution in [-0.4, -0.2) is 24.0 Å². The lowest BCUT2D eigenvalue weighted by molar-refractivity contribution is 0.402. The average Bonchev–Trinajstić information content (AvgIpc) is 2.26. The van der Waals surface area contributed by atoms with E-state index in [0.717, 1.165) is 16.3 Å². The van der Waals surface area contributed by atoms with Crippen LogP contribution in [0, 0.1) is 0 Å². The van der Waals surface area contributed by atoms with E-state index in [0.29, 0.717) is 10.3 Å². The molecule has 0 amide bonds. The molecule has 0 spiro atoms. The predicted molar refractivity (Wildman–Crippen MR) is 82.2 cm³/mol. The molecule has 1 aromatic heterocycles. The molecule has 0 radical (unpaired) electrons. The Balaban J connectivity index is 2.18. The largest absolute Gasteiger partial charge is 0.305 e. The summed E-state index contributed by atoms with van der Waals surface area (Å²) in [5, 5.41) is 0.832. The smallest absolute Gasteiger partial charge is 0.131 e. The summed E-state index contributed by atoms with van der Waals surface area (Å²) in [7, 11) is 4.12. The Morgan fingerprint density at radius 2 is 1.74 bits per heavy atom. The van der Waals surface area contributed by atoms with Crippen LogP contribution in [-0.2, 0) is 6.54 Å². The van der Waals surface area contributed by atoms with Crippen LogP contribution in [0.3, 0.4) is 0 Å². The summed E-state index contributed by atoms with van der Waals surface area (Å²) in [6.45, 7) is 0.923.